The highest BCUT2D eigenvalue weighted by Gasteiger charge is 2.18. The topological polar surface area (TPSA) is 81.9 Å². The quantitative estimate of drug-likeness (QED) is 0.839. The molecule has 1 aromatic heterocycles. The zero-order chi connectivity index (χ0) is 14.3. The lowest BCUT2D eigenvalue weighted by Gasteiger charge is -2.21. The van der Waals surface area contributed by atoms with Crippen LogP contribution in [0.3, 0.4) is 0 Å². The third-order valence-corrected chi connectivity index (χ3v) is 2.60. The van der Waals surface area contributed by atoms with Crippen LogP contribution >= 0.6 is 0 Å². The molecule has 0 aliphatic heterocycles. The summed E-state index contributed by atoms with van der Waals surface area (Å²) < 4.78 is 0. The Morgan fingerprint density at radius 2 is 2.26 bits per heavy atom. The maximum absolute atomic E-state index is 12.3. The van der Waals surface area contributed by atoms with Crippen molar-refractivity contribution in [3.63, 3.8) is 0 Å². The number of carbonyl (C=O) groups is 1. The number of carbonyl (C=O) groups excluding carboxylic acids is 1. The number of nitrogens with zero attached hydrogens (tertiary/aromatic N) is 4. The van der Waals surface area contributed by atoms with E-state index < -0.39 is 0 Å². The number of rotatable bonds is 6. The van der Waals surface area contributed by atoms with E-state index in [0.717, 1.165) is 6.54 Å². The Labute approximate surface area is 113 Å². The summed E-state index contributed by atoms with van der Waals surface area (Å²) in [7, 11) is 0. The number of hydrogen-bond donors (Lipinski definition) is 1. The molecule has 0 aliphatic rings. The fourth-order valence-electron chi connectivity index (χ4n) is 1.62. The molecule has 1 N–H and O–H groups in total. The normalized spacial score (nSPS) is 11.5. The molecule has 0 spiro atoms. The Hall–Kier alpha value is -2.16. The molecule has 19 heavy (non-hydrogen) atoms. The third kappa shape index (κ3) is 4.21. The first kappa shape index (κ1) is 14.9. The van der Waals surface area contributed by atoms with E-state index in [0.29, 0.717) is 24.6 Å². The first-order chi connectivity index (χ1) is 9.12. The molecule has 0 radical (unpaired) electrons. The van der Waals surface area contributed by atoms with Gasteiger partial charge in [0.05, 0.1) is 24.4 Å². The lowest BCUT2D eigenvalue weighted by atomic mass is 10.2. The number of amides is 1. The first-order valence-electron chi connectivity index (χ1n) is 6.37. The average Bonchev–Trinajstić information content (AvgIpc) is 2.44. The average molecular weight is 261 g/mol. The van der Waals surface area contributed by atoms with Gasteiger partial charge in [0.25, 0.3) is 5.91 Å². The molecule has 0 aromatic carbocycles. The van der Waals surface area contributed by atoms with Crippen molar-refractivity contribution in [2.75, 3.05) is 25.0 Å². The summed E-state index contributed by atoms with van der Waals surface area (Å²) >= 11 is 0. The molecule has 1 heterocycles. The molecule has 0 fully saturated rings. The van der Waals surface area contributed by atoms with E-state index in [1.807, 2.05) is 13.8 Å². The van der Waals surface area contributed by atoms with Crippen molar-refractivity contribution in [1.29, 1.82) is 5.26 Å². The van der Waals surface area contributed by atoms with Crippen LogP contribution in [0.5, 0.6) is 0 Å². The van der Waals surface area contributed by atoms with Crippen LogP contribution < -0.4 is 5.32 Å². The van der Waals surface area contributed by atoms with E-state index in [1.165, 1.54) is 6.20 Å². The third-order valence-electron chi connectivity index (χ3n) is 2.60. The van der Waals surface area contributed by atoms with Gasteiger partial charge in [-0.25, -0.2) is 4.98 Å². The van der Waals surface area contributed by atoms with Gasteiger partial charge < -0.3 is 10.2 Å². The zero-order valence-corrected chi connectivity index (χ0v) is 11.6. The van der Waals surface area contributed by atoms with Crippen LogP contribution in [0.2, 0.25) is 0 Å². The van der Waals surface area contributed by atoms with E-state index in [9.17, 15) is 4.79 Å². The predicted molar refractivity (Wildman–Crippen MR) is 72.6 cm³/mol. The van der Waals surface area contributed by atoms with Gasteiger partial charge in [-0.3, -0.25) is 9.78 Å². The number of hydrogen-bond acceptors (Lipinski definition) is 5. The van der Waals surface area contributed by atoms with Crippen LogP contribution in [0.4, 0.5) is 5.82 Å². The molecule has 1 aromatic rings. The Morgan fingerprint density at radius 3 is 2.84 bits per heavy atom. The molecule has 0 saturated heterocycles. The highest BCUT2D eigenvalue weighted by molar-refractivity contribution is 5.92. The minimum absolute atomic E-state index is 0.197. The van der Waals surface area contributed by atoms with Crippen LogP contribution in [0.25, 0.3) is 0 Å². The Bertz CT molecular complexity index is 468. The Balaban J connectivity index is 2.85. The van der Waals surface area contributed by atoms with Crippen molar-refractivity contribution < 1.29 is 4.79 Å². The van der Waals surface area contributed by atoms with Gasteiger partial charge in [0.1, 0.15) is 11.5 Å². The molecule has 1 unspecified atom stereocenters. The van der Waals surface area contributed by atoms with Gasteiger partial charge in [0.15, 0.2) is 0 Å². The van der Waals surface area contributed by atoms with E-state index in [1.54, 1.807) is 18.0 Å². The predicted octanol–water partition coefficient (Wildman–Crippen LogP) is 1.53. The van der Waals surface area contributed by atoms with E-state index in [4.69, 9.17) is 5.26 Å². The second-order valence-corrected chi connectivity index (χ2v) is 4.19. The fourth-order valence-corrected chi connectivity index (χ4v) is 1.62. The summed E-state index contributed by atoms with van der Waals surface area (Å²) in [4.78, 5) is 22.1. The van der Waals surface area contributed by atoms with Gasteiger partial charge in [0.2, 0.25) is 0 Å². The Morgan fingerprint density at radius 1 is 1.53 bits per heavy atom. The Kier molecular flexibility index (Phi) is 5.73. The van der Waals surface area contributed by atoms with Gasteiger partial charge in [-0.2, -0.15) is 5.26 Å². The highest BCUT2D eigenvalue weighted by Crippen LogP contribution is 2.07. The van der Waals surface area contributed by atoms with Gasteiger partial charge in [-0.05, 0) is 20.8 Å². The largest absolute Gasteiger partial charge is 0.369 e. The van der Waals surface area contributed by atoms with Crippen LogP contribution in [0, 0.1) is 17.2 Å². The van der Waals surface area contributed by atoms with Crippen LogP contribution in [0.15, 0.2) is 12.4 Å². The summed E-state index contributed by atoms with van der Waals surface area (Å²) in [6.45, 7) is 7.27. The van der Waals surface area contributed by atoms with Crippen LogP contribution in [-0.4, -0.2) is 40.4 Å². The van der Waals surface area contributed by atoms with Crippen LogP contribution in [0.1, 0.15) is 31.3 Å². The smallest absolute Gasteiger partial charge is 0.274 e. The van der Waals surface area contributed by atoms with Crippen molar-refractivity contribution >= 4 is 11.7 Å². The summed E-state index contributed by atoms with van der Waals surface area (Å²) in [5, 5.41) is 11.8. The summed E-state index contributed by atoms with van der Waals surface area (Å²) in [6, 6.07) is 2.13. The monoisotopic (exact) mass is 261 g/mol. The van der Waals surface area contributed by atoms with Crippen molar-refractivity contribution in [3.05, 3.63) is 18.1 Å². The van der Waals surface area contributed by atoms with Crippen LogP contribution in [-0.2, 0) is 0 Å². The van der Waals surface area contributed by atoms with E-state index in [-0.39, 0.29) is 11.8 Å². The fraction of sp³-hybridized carbons (Fsp3) is 0.538. The standard InChI is InChI=1S/C13H19N5O/c1-4-16-12-8-15-7-11(17-12)13(19)18(5-2)9-10(3)6-14/h7-8,10H,4-5,9H2,1-3H3,(H,16,17). The molecule has 0 bridgehead atoms. The molecule has 0 saturated carbocycles. The molecule has 1 amide bonds. The highest BCUT2D eigenvalue weighted by atomic mass is 16.2. The SMILES string of the molecule is CCNc1cncc(C(=O)N(CC)CC(C)C#N)n1. The van der Waals surface area contributed by atoms with Gasteiger partial charge in [-0.1, -0.05) is 0 Å². The maximum Gasteiger partial charge on any atom is 0.274 e. The molecule has 6 heteroatoms. The van der Waals surface area contributed by atoms with Crippen molar-refractivity contribution in [3.8, 4) is 6.07 Å². The van der Waals surface area contributed by atoms with E-state index in [2.05, 4.69) is 21.4 Å². The van der Waals surface area contributed by atoms with Gasteiger partial charge >= 0.3 is 0 Å². The second-order valence-electron chi connectivity index (χ2n) is 4.19. The van der Waals surface area contributed by atoms with Gasteiger partial charge in [-0.15, -0.1) is 0 Å². The van der Waals surface area contributed by atoms with Crippen molar-refractivity contribution in [1.82, 2.24) is 14.9 Å². The number of aromatic nitrogens is 2. The maximum atomic E-state index is 12.3. The molecule has 1 atom stereocenters. The lowest BCUT2D eigenvalue weighted by Crippen LogP contribution is -2.35. The van der Waals surface area contributed by atoms with Gasteiger partial charge in [0, 0.05) is 19.6 Å². The lowest BCUT2D eigenvalue weighted by molar-refractivity contribution is 0.0746. The van der Waals surface area contributed by atoms with E-state index >= 15 is 0 Å². The minimum Gasteiger partial charge on any atom is -0.369 e. The molecular formula is C13H19N5O. The number of anilines is 1. The molecule has 1 rings (SSSR count). The van der Waals surface area contributed by atoms with Crippen molar-refractivity contribution in [2.45, 2.75) is 20.8 Å². The summed E-state index contributed by atoms with van der Waals surface area (Å²) in [5.41, 5.74) is 0.297. The molecular weight excluding hydrogens is 242 g/mol. The zero-order valence-electron chi connectivity index (χ0n) is 11.6. The molecule has 102 valence electrons. The first-order valence-corrected chi connectivity index (χ1v) is 6.37. The summed E-state index contributed by atoms with van der Waals surface area (Å²) in [5.74, 6) is 0.184. The number of nitriles is 1. The van der Waals surface area contributed by atoms with Crippen molar-refractivity contribution in [2.24, 2.45) is 5.92 Å². The molecule has 0 aliphatic carbocycles. The number of nitrogens with one attached hydrogen (secondary N) is 1. The second kappa shape index (κ2) is 7.31. The minimum atomic E-state index is -0.200. The molecule has 6 nitrogen and oxygen atoms in total. The summed E-state index contributed by atoms with van der Waals surface area (Å²) in [6.07, 6.45) is 3.03.